The van der Waals surface area contributed by atoms with Gasteiger partial charge in [0.2, 0.25) is 6.79 Å². The summed E-state index contributed by atoms with van der Waals surface area (Å²) in [5.41, 5.74) is 1.08. The van der Waals surface area contributed by atoms with Crippen molar-refractivity contribution < 1.29 is 19.4 Å². The second-order valence-corrected chi connectivity index (χ2v) is 7.70. The summed E-state index contributed by atoms with van der Waals surface area (Å²) < 4.78 is 10.8. The van der Waals surface area contributed by atoms with E-state index < -0.39 is 11.9 Å². The van der Waals surface area contributed by atoms with E-state index >= 15 is 0 Å². The Morgan fingerprint density at radius 1 is 1.33 bits per heavy atom. The van der Waals surface area contributed by atoms with E-state index in [0.717, 1.165) is 30.6 Å². The van der Waals surface area contributed by atoms with Gasteiger partial charge in [-0.05, 0) is 36.0 Å². The first-order valence-electron chi connectivity index (χ1n) is 8.75. The number of nitrogens with one attached hydrogen (secondary N) is 1. The Morgan fingerprint density at radius 2 is 2.08 bits per heavy atom. The second-order valence-electron chi connectivity index (χ2n) is 7.70. The normalized spacial score (nSPS) is 25.9. The predicted molar refractivity (Wildman–Crippen MR) is 88.9 cm³/mol. The third-order valence-electron chi connectivity index (χ3n) is 5.26. The molecule has 0 bridgehead atoms. The first kappa shape index (κ1) is 17.1. The van der Waals surface area contributed by atoms with Crippen molar-refractivity contribution in [1.82, 2.24) is 5.32 Å². The molecule has 0 radical (unpaired) electrons. The van der Waals surface area contributed by atoms with E-state index in [4.69, 9.17) is 9.47 Å². The lowest BCUT2D eigenvalue weighted by molar-refractivity contribution is -0.312. The van der Waals surface area contributed by atoms with Gasteiger partial charge >= 0.3 is 0 Å². The number of carbonyl (C=O) groups excluding carboxylic acids is 1. The van der Waals surface area contributed by atoms with Gasteiger partial charge in [0, 0.05) is 30.4 Å². The van der Waals surface area contributed by atoms with Gasteiger partial charge in [0.1, 0.15) is 0 Å². The maximum absolute atomic E-state index is 11.9. The Labute approximate surface area is 143 Å². The molecule has 0 aliphatic carbocycles. The van der Waals surface area contributed by atoms with Crippen LogP contribution in [0.5, 0.6) is 11.5 Å². The summed E-state index contributed by atoms with van der Waals surface area (Å²) in [5, 5.41) is 15.3. The number of carboxylic acid groups (broad SMARTS) is 1. The van der Waals surface area contributed by atoms with Crippen molar-refractivity contribution in [3.05, 3.63) is 23.8 Å². The Balaban J connectivity index is 1.80. The fraction of sp³-hybridized carbons (Fsp3) is 0.632. The molecule has 24 heavy (non-hydrogen) atoms. The number of benzene rings is 1. The van der Waals surface area contributed by atoms with Crippen LogP contribution in [0.15, 0.2) is 18.2 Å². The van der Waals surface area contributed by atoms with Crippen molar-refractivity contribution in [3.8, 4) is 11.5 Å². The zero-order valence-corrected chi connectivity index (χ0v) is 14.6. The van der Waals surface area contributed by atoms with Crippen LogP contribution in [-0.4, -0.2) is 25.3 Å². The molecule has 0 saturated carbocycles. The highest BCUT2D eigenvalue weighted by Gasteiger charge is 2.40. The smallest absolute Gasteiger partial charge is 0.231 e. The van der Waals surface area contributed by atoms with Gasteiger partial charge in [-0.3, -0.25) is 0 Å². The summed E-state index contributed by atoms with van der Waals surface area (Å²) in [7, 11) is 0. The third kappa shape index (κ3) is 3.36. The summed E-state index contributed by atoms with van der Waals surface area (Å²) in [6.07, 6.45) is 3.02. The van der Waals surface area contributed by atoms with Crippen LogP contribution >= 0.6 is 0 Å². The minimum absolute atomic E-state index is 0.0630. The van der Waals surface area contributed by atoms with E-state index in [1.807, 2.05) is 18.2 Å². The SMILES string of the molecule is CCCC(C)(C)CC1NCC(c2ccc3c(c2)OCO3)C1C(=O)[O-]. The number of fused-ring (bicyclic) bond motifs is 1. The number of hydrogen-bond donors (Lipinski definition) is 1. The molecule has 3 atom stereocenters. The van der Waals surface area contributed by atoms with E-state index in [9.17, 15) is 9.90 Å². The van der Waals surface area contributed by atoms with Crippen molar-refractivity contribution in [2.24, 2.45) is 11.3 Å². The number of ether oxygens (including phenoxy) is 2. The summed E-state index contributed by atoms with van der Waals surface area (Å²) in [4.78, 5) is 11.9. The molecule has 132 valence electrons. The largest absolute Gasteiger partial charge is 0.550 e. The maximum atomic E-state index is 11.9. The van der Waals surface area contributed by atoms with E-state index in [1.54, 1.807) is 0 Å². The molecule has 3 unspecified atom stereocenters. The molecule has 1 fully saturated rings. The number of rotatable bonds is 6. The van der Waals surface area contributed by atoms with Crippen molar-refractivity contribution >= 4 is 5.97 Å². The first-order chi connectivity index (χ1) is 11.4. The van der Waals surface area contributed by atoms with Crippen LogP contribution in [-0.2, 0) is 4.79 Å². The standard InChI is InChI=1S/C19H27NO4/c1-4-7-19(2,3)9-14-17(18(21)22)13(10-20-14)12-5-6-15-16(8-12)24-11-23-15/h5-6,8,13-14,17,20H,4,7,9-11H2,1-3H3,(H,21,22)/p-1. The zero-order chi connectivity index (χ0) is 17.3. The summed E-state index contributed by atoms with van der Waals surface area (Å²) in [6.45, 7) is 7.44. The Hall–Kier alpha value is -1.75. The monoisotopic (exact) mass is 332 g/mol. The summed E-state index contributed by atoms with van der Waals surface area (Å²) in [6, 6.07) is 5.64. The molecule has 5 heteroatoms. The fourth-order valence-electron chi connectivity index (χ4n) is 4.18. The van der Waals surface area contributed by atoms with Gasteiger partial charge in [-0.15, -0.1) is 0 Å². The predicted octanol–water partition coefficient (Wildman–Crippen LogP) is 2.05. The minimum Gasteiger partial charge on any atom is -0.550 e. The highest BCUT2D eigenvalue weighted by molar-refractivity contribution is 5.71. The molecular weight excluding hydrogens is 306 g/mol. The topological polar surface area (TPSA) is 70.6 Å². The maximum Gasteiger partial charge on any atom is 0.231 e. The van der Waals surface area contributed by atoms with Crippen molar-refractivity contribution in [2.75, 3.05) is 13.3 Å². The zero-order valence-electron chi connectivity index (χ0n) is 14.6. The van der Waals surface area contributed by atoms with Gasteiger partial charge in [-0.2, -0.15) is 0 Å². The van der Waals surface area contributed by atoms with Crippen LogP contribution in [0.3, 0.4) is 0 Å². The van der Waals surface area contributed by atoms with E-state index in [0.29, 0.717) is 12.3 Å². The van der Waals surface area contributed by atoms with E-state index in [1.165, 1.54) is 0 Å². The first-order valence-corrected chi connectivity index (χ1v) is 8.75. The molecular formula is C19H26NO4-. The van der Waals surface area contributed by atoms with Gasteiger partial charge in [-0.1, -0.05) is 33.3 Å². The fourth-order valence-corrected chi connectivity index (χ4v) is 4.18. The average Bonchev–Trinajstić information content (AvgIpc) is 3.11. The lowest BCUT2D eigenvalue weighted by Crippen LogP contribution is -2.42. The minimum atomic E-state index is -0.972. The molecule has 2 aliphatic rings. The summed E-state index contributed by atoms with van der Waals surface area (Å²) >= 11 is 0. The number of hydrogen-bond acceptors (Lipinski definition) is 5. The molecule has 1 aromatic rings. The lowest BCUT2D eigenvalue weighted by Gasteiger charge is -2.32. The van der Waals surface area contributed by atoms with Crippen LogP contribution in [0.2, 0.25) is 0 Å². The molecule has 1 aromatic carbocycles. The van der Waals surface area contributed by atoms with E-state index in [-0.39, 0.29) is 24.2 Å². The molecule has 0 spiro atoms. The van der Waals surface area contributed by atoms with Gasteiger partial charge < -0.3 is 24.7 Å². The Kier molecular flexibility index (Phi) is 4.72. The molecule has 0 aromatic heterocycles. The highest BCUT2D eigenvalue weighted by Crippen LogP contribution is 2.41. The van der Waals surface area contributed by atoms with Gasteiger partial charge in [-0.25, -0.2) is 0 Å². The van der Waals surface area contributed by atoms with Crippen LogP contribution < -0.4 is 19.9 Å². The van der Waals surface area contributed by atoms with Gasteiger partial charge in [0.25, 0.3) is 0 Å². The third-order valence-corrected chi connectivity index (χ3v) is 5.26. The van der Waals surface area contributed by atoms with Crippen LogP contribution in [0.25, 0.3) is 0 Å². The van der Waals surface area contributed by atoms with Gasteiger partial charge in [0.15, 0.2) is 11.5 Å². The molecule has 3 rings (SSSR count). The Morgan fingerprint density at radius 3 is 2.79 bits per heavy atom. The van der Waals surface area contributed by atoms with Crippen LogP contribution in [0.4, 0.5) is 0 Å². The molecule has 5 nitrogen and oxygen atoms in total. The molecule has 0 amide bonds. The average molecular weight is 332 g/mol. The van der Waals surface area contributed by atoms with Crippen molar-refractivity contribution in [1.29, 1.82) is 0 Å². The van der Waals surface area contributed by atoms with Crippen LogP contribution in [0, 0.1) is 11.3 Å². The highest BCUT2D eigenvalue weighted by atomic mass is 16.7. The Bertz CT molecular complexity index is 613. The molecule has 1 saturated heterocycles. The number of carboxylic acids is 1. The van der Waals surface area contributed by atoms with Crippen molar-refractivity contribution in [2.45, 2.75) is 52.0 Å². The van der Waals surface area contributed by atoms with Crippen LogP contribution in [0.1, 0.15) is 51.5 Å². The lowest BCUT2D eigenvalue weighted by atomic mass is 9.76. The molecule has 2 heterocycles. The molecule has 2 aliphatic heterocycles. The molecule has 1 N–H and O–H groups in total. The quantitative estimate of drug-likeness (QED) is 0.863. The van der Waals surface area contributed by atoms with Crippen molar-refractivity contribution in [3.63, 3.8) is 0 Å². The number of aliphatic carboxylic acids is 1. The van der Waals surface area contributed by atoms with E-state index in [2.05, 4.69) is 26.1 Å². The summed E-state index contributed by atoms with van der Waals surface area (Å²) in [5.74, 6) is -0.192. The number of carbonyl (C=O) groups is 1. The second kappa shape index (κ2) is 6.63. The van der Waals surface area contributed by atoms with Gasteiger partial charge in [0.05, 0.1) is 0 Å².